The minimum atomic E-state index is -1.67. The van der Waals surface area contributed by atoms with Gasteiger partial charge in [0.2, 0.25) is 12.3 Å². The van der Waals surface area contributed by atoms with E-state index in [2.05, 4.69) is 5.32 Å². The highest BCUT2D eigenvalue weighted by Crippen LogP contribution is 2.49. The Kier molecular flexibility index (Phi) is 12.1. The molecule has 176 valence electrons. The van der Waals surface area contributed by atoms with E-state index < -0.39 is 39.2 Å². The number of aliphatic hydroxyl groups is 1. The molecular formula is C19H33N4O7P. The molecule has 1 saturated heterocycles. The summed E-state index contributed by atoms with van der Waals surface area (Å²) < 4.78 is 25.0. The number of aliphatic hydroxyl groups excluding tert-OH is 1. The predicted molar refractivity (Wildman–Crippen MR) is 113 cm³/mol. The van der Waals surface area contributed by atoms with Crippen molar-refractivity contribution >= 4 is 20.8 Å². The number of nitrogens with zero attached hydrogens (tertiary/aromatic N) is 3. The minimum Gasteiger partial charge on any atom is -0.374 e. The first-order valence-corrected chi connectivity index (χ1v) is 11.1. The molecular weight excluding hydrogens is 427 g/mol. The van der Waals surface area contributed by atoms with Gasteiger partial charge in [0.05, 0.1) is 19.1 Å². The van der Waals surface area contributed by atoms with Crippen LogP contribution in [0, 0.1) is 11.3 Å². The van der Waals surface area contributed by atoms with Gasteiger partial charge in [0, 0.05) is 38.5 Å². The third-order valence-corrected chi connectivity index (χ3v) is 6.50. The Balaban J connectivity index is 3.10. The van der Waals surface area contributed by atoms with E-state index in [1.807, 2.05) is 38.4 Å². The molecule has 0 radical (unpaired) electrons. The van der Waals surface area contributed by atoms with Crippen LogP contribution in [0.15, 0.2) is 12.3 Å². The summed E-state index contributed by atoms with van der Waals surface area (Å²) in [6.07, 6.45) is -1.22. The van der Waals surface area contributed by atoms with Crippen LogP contribution >= 0.6 is 8.53 Å². The summed E-state index contributed by atoms with van der Waals surface area (Å²) in [4.78, 5) is 24.1. The smallest absolute Gasteiger partial charge is 0.259 e. The van der Waals surface area contributed by atoms with Gasteiger partial charge in [-0.25, -0.2) is 4.67 Å². The molecule has 0 bridgehead atoms. The normalized spacial score (nSPS) is 24.7. The molecule has 0 aliphatic carbocycles. The number of ether oxygens (including phenoxy) is 2. The molecule has 1 rings (SSSR count). The first-order chi connectivity index (χ1) is 14.7. The van der Waals surface area contributed by atoms with Crippen molar-refractivity contribution in [3.63, 3.8) is 0 Å². The number of carbonyl (C=O) groups is 2. The van der Waals surface area contributed by atoms with Gasteiger partial charge in [0.25, 0.3) is 8.53 Å². The fourth-order valence-corrected chi connectivity index (χ4v) is 4.78. The van der Waals surface area contributed by atoms with Crippen molar-refractivity contribution < 1.29 is 33.2 Å². The highest BCUT2D eigenvalue weighted by atomic mass is 31.2. The first-order valence-electron chi connectivity index (χ1n) is 9.95. The predicted octanol–water partition coefficient (Wildman–Crippen LogP) is 1.06. The summed E-state index contributed by atoms with van der Waals surface area (Å²) in [5.41, 5.74) is 0. The van der Waals surface area contributed by atoms with Crippen LogP contribution in [-0.4, -0.2) is 84.6 Å². The SMILES string of the molecule is CNC(=O)/C=C\N(C=O)C1OC(O)C(OP(OCCC#N)N(C(C)C)C(C)C)C1OC. The second-order valence-corrected chi connectivity index (χ2v) is 8.62. The summed E-state index contributed by atoms with van der Waals surface area (Å²) in [6, 6.07) is 2.15. The van der Waals surface area contributed by atoms with E-state index in [1.54, 1.807) is 0 Å². The lowest BCUT2D eigenvalue weighted by Gasteiger charge is -2.37. The molecule has 1 aliphatic heterocycles. The Morgan fingerprint density at radius 1 is 1.32 bits per heavy atom. The lowest BCUT2D eigenvalue weighted by atomic mass is 10.2. The average Bonchev–Trinajstić information content (AvgIpc) is 3.02. The number of carbonyl (C=O) groups excluding carboxylic acids is 2. The summed E-state index contributed by atoms with van der Waals surface area (Å²) in [5, 5.41) is 21.8. The van der Waals surface area contributed by atoms with Crippen molar-refractivity contribution in [2.24, 2.45) is 0 Å². The average molecular weight is 460 g/mol. The van der Waals surface area contributed by atoms with Crippen LogP contribution in [0.4, 0.5) is 0 Å². The highest BCUT2D eigenvalue weighted by molar-refractivity contribution is 7.44. The standard InChI is InChI=1S/C19H33N4O7P/c1-13(2)23(14(3)4)31(28-11-7-9-20)30-17-16(27-6)18(29-19(17)26)22(12-24)10-8-15(25)21-5/h8,10,12-14,16-19,26H,7,11H2,1-6H3,(H,21,25)/b10-8-. The van der Waals surface area contributed by atoms with Crippen LogP contribution in [0.2, 0.25) is 0 Å². The monoisotopic (exact) mass is 460 g/mol. The lowest BCUT2D eigenvalue weighted by Crippen LogP contribution is -2.44. The van der Waals surface area contributed by atoms with Crippen molar-refractivity contribution in [3.8, 4) is 6.07 Å². The molecule has 2 N–H and O–H groups in total. The molecule has 0 aromatic heterocycles. The number of hydrogen-bond donors (Lipinski definition) is 2. The molecule has 2 amide bonds. The molecule has 11 nitrogen and oxygen atoms in total. The number of methoxy groups -OCH3 is 1. The second-order valence-electron chi connectivity index (χ2n) is 7.22. The Morgan fingerprint density at radius 3 is 2.45 bits per heavy atom. The number of rotatable bonds is 13. The van der Waals surface area contributed by atoms with E-state index in [-0.39, 0.29) is 25.1 Å². The Bertz CT molecular complexity index is 635. The van der Waals surface area contributed by atoms with Crippen LogP contribution in [-0.2, 0) is 28.1 Å². The molecule has 0 aromatic carbocycles. The van der Waals surface area contributed by atoms with E-state index in [1.165, 1.54) is 20.4 Å². The molecule has 1 fully saturated rings. The van der Waals surface area contributed by atoms with E-state index in [9.17, 15) is 14.7 Å². The number of nitriles is 1. The molecule has 12 heteroatoms. The molecule has 5 unspecified atom stereocenters. The third-order valence-electron chi connectivity index (χ3n) is 4.37. The van der Waals surface area contributed by atoms with Crippen molar-refractivity contribution in [2.75, 3.05) is 20.8 Å². The Morgan fingerprint density at radius 2 is 1.97 bits per heavy atom. The summed E-state index contributed by atoms with van der Waals surface area (Å²) in [5.74, 6) is -0.411. The van der Waals surface area contributed by atoms with Crippen LogP contribution in [0.1, 0.15) is 34.1 Å². The van der Waals surface area contributed by atoms with Crippen molar-refractivity contribution in [1.29, 1.82) is 5.26 Å². The summed E-state index contributed by atoms with van der Waals surface area (Å²) in [7, 11) is 1.19. The quantitative estimate of drug-likeness (QED) is 0.179. The van der Waals surface area contributed by atoms with E-state index in [4.69, 9.17) is 23.8 Å². The van der Waals surface area contributed by atoms with Crippen molar-refractivity contribution in [1.82, 2.24) is 14.9 Å². The van der Waals surface area contributed by atoms with Gasteiger partial charge in [-0.15, -0.1) is 0 Å². The highest BCUT2D eigenvalue weighted by Gasteiger charge is 2.49. The van der Waals surface area contributed by atoms with Gasteiger partial charge in [-0.3, -0.25) is 14.5 Å². The topological polar surface area (TPSA) is 134 Å². The zero-order valence-corrected chi connectivity index (χ0v) is 19.7. The first kappa shape index (κ1) is 27.4. The zero-order valence-electron chi connectivity index (χ0n) is 18.8. The zero-order chi connectivity index (χ0) is 23.6. The number of amides is 2. The van der Waals surface area contributed by atoms with Gasteiger partial charge >= 0.3 is 0 Å². The van der Waals surface area contributed by atoms with Gasteiger partial charge in [-0.2, -0.15) is 5.26 Å². The Labute approximate surface area is 184 Å². The second kappa shape index (κ2) is 13.7. The fourth-order valence-electron chi connectivity index (χ4n) is 3.04. The summed E-state index contributed by atoms with van der Waals surface area (Å²) in [6.45, 7) is 8.12. The fraction of sp³-hybridized carbons (Fsp3) is 0.737. The van der Waals surface area contributed by atoms with E-state index in [0.717, 1.165) is 11.0 Å². The molecule has 0 aromatic rings. The maximum atomic E-state index is 11.6. The lowest BCUT2D eigenvalue weighted by molar-refractivity contribution is -0.157. The molecule has 0 spiro atoms. The number of hydrogen-bond acceptors (Lipinski definition) is 9. The van der Waals surface area contributed by atoms with Gasteiger partial charge in [0.1, 0.15) is 12.2 Å². The van der Waals surface area contributed by atoms with Crippen molar-refractivity contribution in [3.05, 3.63) is 12.3 Å². The third kappa shape index (κ3) is 7.77. The van der Waals surface area contributed by atoms with E-state index >= 15 is 0 Å². The van der Waals surface area contributed by atoms with Gasteiger partial charge < -0.3 is 28.9 Å². The van der Waals surface area contributed by atoms with Crippen LogP contribution in [0.5, 0.6) is 0 Å². The summed E-state index contributed by atoms with van der Waals surface area (Å²) >= 11 is 0. The van der Waals surface area contributed by atoms with Gasteiger partial charge in [-0.1, -0.05) is 0 Å². The molecule has 0 saturated carbocycles. The van der Waals surface area contributed by atoms with Gasteiger partial charge in [-0.05, 0) is 27.7 Å². The molecule has 1 heterocycles. The van der Waals surface area contributed by atoms with Crippen LogP contribution < -0.4 is 5.32 Å². The number of likely N-dealkylation sites (N-methyl/N-ethyl adjacent to an activating group) is 1. The maximum absolute atomic E-state index is 11.6. The minimum absolute atomic E-state index is 0.0615. The van der Waals surface area contributed by atoms with E-state index in [0.29, 0.717) is 6.41 Å². The van der Waals surface area contributed by atoms with Crippen LogP contribution in [0.3, 0.4) is 0 Å². The molecule has 31 heavy (non-hydrogen) atoms. The van der Waals surface area contributed by atoms with Crippen molar-refractivity contribution in [2.45, 2.75) is 70.9 Å². The Hall–Kier alpha value is -1.64. The van der Waals surface area contributed by atoms with Crippen LogP contribution in [0.25, 0.3) is 0 Å². The van der Waals surface area contributed by atoms with Gasteiger partial charge in [0.15, 0.2) is 12.5 Å². The largest absolute Gasteiger partial charge is 0.374 e. The maximum Gasteiger partial charge on any atom is 0.259 e. The molecule has 5 atom stereocenters. The molecule has 1 aliphatic rings. The number of nitrogens with one attached hydrogen (secondary N) is 1.